The van der Waals surface area contributed by atoms with Crippen molar-refractivity contribution in [1.82, 2.24) is 10.6 Å². The molecule has 1 amide bonds. The Bertz CT molecular complexity index is 519. The van der Waals surface area contributed by atoms with Crippen molar-refractivity contribution in [2.24, 2.45) is 5.92 Å². The van der Waals surface area contributed by atoms with Crippen molar-refractivity contribution in [3.8, 4) is 0 Å². The Hall–Kier alpha value is -1.24. The molecule has 2 rings (SSSR count). The van der Waals surface area contributed by atoms with Gasteiger partial charge >= 0.3 is 5.97 Å². The zero-order valence-electron chi connectivity index (χ0n) is 13.3. The van der Waals surface area contributed by atoms with Crippen molar-refractivity contribution in [3.05, 3.63) is 29.8 Å². The fraction of sp³-hybridized carbons (Fsp3) is 0.500. The zero-order valence-corrected chi connectivity index (χ0v) is 15.0. The number of methoxy groups -OCH3 is 1. The number of carbonyl (C=O) groups is 2. The highest BCUT2D eigenvalue weighted by atomic mass is 35.5. The lowest BCUT2D eigenvalue weighted by molar-refractivity contribution is -0.141. The van der Waals surface area contributed by atoms with Gasteiger partial charge in [0.2, 0.25) is 5.91 Å². The topological polar surface area (TPSA) is 67.4 Å². The van der Waals surface area contributed by atoms with Crippen LogP contribution in [0.2, 0.25) is 0 Å². The van der Waals surface area contributed by atoms with Crippen LogP contribution >= 0.6 is 24.2 Å². The van der Waals surface area contributed by atoms with E-state index in [1.165, 1.54) is 7.11 Å². The monoisotopic (exact) mass is 358 g/mol. The maximum atomic E-state index is 12.3. The van der Waals surface area contributed by atoms with Gasteiger partial charge in [-0.3, -0.25) is 9.59 Å². The summed E-state index contributed by atoms with van der Waals surface area (Å²) in [7, 11) is 1.36. The van der Waals surface area contributed by atoms with Crippen LogP contribution in [0, 0.1) is 5.92 Å². The van der Waals surface area contributed by atoms with Gasteiger partial charge in [-0.05, 0) is 36.9 Å². The lowest BCUT2D eigenvalue weighted by Gasteiger charge is -2.20. The number of carbonyl (C=O) groups excluding carboxylic acids is 2. The van der Waals surface area contributed by atoms with Crippen LogP contribution in [0.25, 0.3) is 0 Å². The quantitative estimate of drug-likeness (QED) is 0.602. The van der Waals surface area contributed by atoms with E-state index in [2.05, 4.69) is 10.6 Å². The van der Waals surface area contributed by atoms with Crippen molar-refractivity contribution < 1.29 is 14.3 Å². The third-order valence-electron chi connectivity index (χ3n) is 3.86. The van der Waals surface area contributed by atoms with Gasteiger partial charge in [0.25, 0.3) is 0 Å². The highest BCUT2D eigenvalue weighted by molar-refractivity contribution is 7.98. The molecular weight excluding hydrogens is 336 g/mol. The molecule has 5 nitrogen and oxygen atoms in total. The summed E-state index contributed by atoms with van der Waals surface area (Å²) in [5.41, 5.74) is 0.919. The summed E-state index contributed by atoms with van der Waals surface area (Å²) in [6, 6.07) is 7.54. The molecule has 1 fully saturated rings. The van der Waals surface area contributed by atoms with Crippen LogP contribution in [0.5, 0.6) is 0 Å². The first kappa shape index (κ1) is 19.8. The number of ether oxygens (including phenoxy) is 1. The van der Waals surface area contributed by atoms with Gasteiger partial charge < -0.3 is 15.4 Å². The van der Waals surface area contributed by atoms with Crippen LogP contribution in [0.4, 0.5) is 0 Å². The minimum absolute atomic E-state index is 0. The van der Waals surface area contributed by atoms with Crippen LogP contribution in [-0.2, 0) is 14.3 Å². The summed E-state index contributed by atoms with van der Waals surface area (Å²) in [6.07, 6.45) is 2.99. The van der Waals surface area contributed by atoms with E-state index in [0.717, 1.165) is 23.4 Å². The third kappa shape index (κ3) is 5.71. The molecule has 128 valence electrons. The summed E-state index contributed by atoms with van der Waals surface area (Å²) >= 11 is 1.65. The lowest BCUT2D eigenvalue weighted by atomic mass is 10.0. The van der Waals surface area contributed by atoms with Crippen LogP contribution in [0.3, 0.4) is 0 Å². The van der Waals surface area contributed by atoms with Crippen molar-refractivity contribution in [2.45, 2.75) is 23.8 Å². The number of benzene rings is 1. The molecular formula is C16H23ClN2O3S. The first-order valence-corrected chi connectivity index (χ1v) is 8.58. The van der Waals surface area contributed by atoms with Gasteiger partial charge in [0.1, 0.15) is 0 Å². The highest BCUT2D eigenvalue weighted by Gasteiger charge is 2.26. The first-order valence-electron chi connectivity index (χ1n) is 7.36. The van der Waals surface area contributed by atoms with Crippen molar-refractivity contribution in [3.63, 3.8) is 0 Å². The second kappa shape index (κ2) is 9.80. The third-order valence-corrected chi connectivity index (χ3v) is 4.61. The van der Waals surface area contributed by atoms with E-state index in [0.29, 0.717) is 6.54 Å². The molecule has 1 heterocycles. The minimum atomic E-state index is -0.351. The molecule has 0 aliphatic carbocycles. The van der Waals surface area contributed by atoms with Crippen LogP contribution in [0.1, 0.15) is 24.4 Å². The maximum Gasteiger partial charge on any atom is 0.307 e. The number of esters is 1. The average Bonchev–Trinajstić information content (AvgIpc) is 3.08. The molecule has 2 N–H and O–H groups in total. The van der Waals surface area contributed by atoms with Gasteiger partial charge in [-0.15, -0.1) is 24.2 Å². The van der Waals surface area contributed by atoms with Crippen LogP contribution in [-0.4, -0.2) is 38.3 Å². The minimum Gasteiger partial charge on any atom is -0.469 e. The maximum absolute atomic E-state index is 12.3. The Labute approximate surface area is 147 Å². The van der Waals surface area contributed by atoms with Gasteiger partial charge in [-0.25, -0.2) is 0 Å². The number of thioether (sulfide) groups is 1. The van der Waals surface area contributed by atoms with E-state index in [1.807, 2.05) is 30.5 Å². The molecule has 0 bridgehead atoms. The molecule has 1 aliphatic heterocycles. The van der Waals surface area contributed by atoms with E-state index in [9.17, 15) is 9.59 Å². The van der Waals surface area contributed by atoms with Crippen molar-refractivity contribution in [1.29, 1.82) is 0 Å². The molecule has 23 heavy (non-hydrogen) atoms. The number of rotatable bonds is 6. The molecule has 0 radical (unpaired) electrons. The Morgan fingerprint density at radius 2 is 2.09 bits per heavy atom. The first-order chi connectivity index (χ1) is 10.6. The van der Waals surface area contributed by atoms with Gasteiger partial charge in [-0.2, -0.15) is 0 Å². The Kier molecular flexibility index (Phi) is 8.44. The highest BCUT2D eigenvalue weighted by Crippen LogP contribution is 2.22. The number of hydrogen-bond donors (Lipinski definition) is 2. The summed E-state index contributed by atoms with van der Waals surface area (Å²) < 4.78 is 4.75. The predicted molar refractivity (Wildman–Crippen MR) is 94.0 cm³/mol. The molecule has 1 aromatic rings. The zero-order chi connectivity index (χ0) is 15.9. The standard InChI is InChI=1S/C16H22N2O3S.ClH/c1-21-15(19)9-14(11-3-5-13(22-2)6-4-11)18-16(20)12-7-8-17-10-12;/h3-6,12,14,17H,7-10H2,1-2H3,(H,18,20);1H. The molecule has 0 saturated carbocycles. The fourth-order valence-corrected chi connectivity index (χ4v) is 2.91. The normalized spacial score (nSPS) is 17.9. The van der Waals surface area contributed by atoms with Crippen LogP contribution in [0.15, 0.2) is 29.2 Å². The predicted octanol–water partition coefficient (Wildman–Crippen LogP) is 2.16. The van der Waals surface area contributed by atoms with Crippen LogP contribution < -0.4 is 10.6 Å². The van der Waals surface area contributed by atoms with E-state index >= 15 is 0 Å². The van der Waals surface area contributed by atoms with Gasteiger partial charge in [0, 0.05) is 11.4 Å². The lowest BCUT2D eigenvalue weighted by Crippen LogP contribution is -2.36. The van der Waals surface area contributed by atoms with E-state index < -0.39 is 0 Å². The Morgan fingerprint density at radius 3 is 2.61 bits per heavy atom. The average molecular weight is 359 g/mol. The molecule has 1 aromatic carbocycles. The number of halogens is 1. The second-order valence-electron chi connectivity index (χ2n) is 5.30. The molecule has 7 heteroatoms. The smallest absolute Gasteiger partial charge is 0.307 e. The number of amides is 1. The molecule has 0 aromatic heterocycles. The van der Waals surface area contributed by atoms with Gasteiger partial charge in [0.15, 0.2) is 0 Å². The van der Waals surface area contributed by atoms with E-state index in [-0.39, 0.29) is 42.7 Å². The largest absolute Gasteiger partial charge is 0.469 e. The van der Waals surface area contributed by atoms with E-state index in [4.69, 9.17) is 4.74 Å². The van der Waals surface area contributed by atoms with Crippen molar-refractivity contribution >= 4 is 36.0 Å². The Balaban J connectivity index is 0.00000264. The molecule has 2 atom stereocenters. The number of nitrogens with one attached hydrogen (secondary N) is 2. The second-order valence-corrected chi connectivity index (χ2v) is 6.18. The fourth-order valence-electron chi connectivity index (χ4n) is 2.51. The van der Waals surface area contributed by atoms with E-state index in [1.54, 1.807) is 11.8 Å². The molecule has 0 spiro atoms. The molecule has 1 aliphatic rings. The summed E-state index contributed by atoms with van der Waals surface area (Å²) in [5.74, 6) is -0.359. The van der Waals surface area contributed by atoms with Gasteiger partial charge in [0.05, 0.1) is 25.5 Å². The summed E-state index contributed by atoms with van der Waals surface area (Å²) in [4.78, 5) is 25.1. The SMILES string of the molecule is COC(=O)CC(NC(=O)C1CCNC1)c1ccc(SC)cc1.Cl. The number of hydrogen-bond acceptors (Lipinski definition) is 5. The molecule has 2 unspecified atom stereocenters. The molecule has 1 saturated heterocycles. The van der Waals surface area contributed by atoms with Gasteiger partial charge in [-0.1, -0.05) is 12.1 Å². The summed E-state index contributed by atoms with van der Waals surface area (Å²) in [6.45, 7) is 1.56. The Morgan fingerprint density at radius 1 is 1.39 bits per heavy atom. The van der Waals surface area contributed by atoms with Crippen molar-refractivity contribution in [2.75, 3.05) is 26.5 Å². The summed E-state index contributed by atoms with van der Waals surface area (Å²) in [5, 5.41) is 6.17.